The topological polar surface area (TPSA) is 91.4 Å². The Labute approximate surface area is 115 Å². The van der Waals surface area contributed by atoms with Crippen molar-refractivity contribution in [1.29, 1.82) is 0 Å². The number of halogens is 2. The minimum atomic E-state index is -2.69. The molecule has 2 heterocycles. The van der Waals surface area contributed by atoms with E-state index in [4.69, 9.17) is 5.11 Å². The van der Waals surface area contributed by atoms with E-state index in [-0.39, 0.29) is 11.3 Å². The van der Waals surface area contributed by atoms with Crippen molar-refractivity contribution in [2.24, 2.45) is 0 Å². The number of alkyl halides is 2. The van der Waals surface area contributed by atoms with Gasteiger partial charge in [0.15, 0.2) is 0 Å². The highest BCUT2D eigenvalue weighted by atomic mass is 32.1. The molecule has 0 aliphatic rings. The molecule has 108 valence electrons. The highest BCUT2D eigenvalue weighted by Gasteiger charge is 2.20. The van der Waals surface area contributed by atoms with Crippen LogP contribution in [0.25, 0.3) is 10.2 Å². The summed E-state index contributed by atoms with van der Waals surface area (Å²) in [5, 5.41) is 9.08. The van der Waals surface area contributed by atoms with Gasteiger partial charge in [-0.25, -0.2) is 19.1 Å². The summed E-state index contributed by atoms with van der Waals surface area (Å²) >= 11 is 1.22. The normalized spacial score (nSPS) is 11.2. The van der Waals surface area contributed by atoms with Crippen molar-refractivity contribution in [2.75, 3.05) is 6.61 Å². The fourth-order valence-corrected chi connectivity index (χ4v) is 2.75. The van der Waals surface area contributed by atoms with Gasteiger partial charge in [0.2, 0.25) is 0 Å². The molecule has 1 amide bonds. The summed E-state index contributed by atoms with van der Waals surface area (Å²) in [4.78, 5) is 30.3. The first-order chi connectivity index (χ1) is 9.40. The zero-order valence-electron chi connectivity index (χ0n) is 10.2. The third-order valence-corrected chi connectivity index (χ3v) is 3.53. The first-order valence-corrected chi connectivity index (χ1v) is 6.27. The Hall–Kier alpha value is -2.00. The predicted octanol–water partition coefficient (Wildman–Crippen LogP) is 2.16. The van der Waals surface area contributed by atoms with Crippen molar-refractivity contribution in [3.05, 3.63) is 22.2 Å². The maximum atomic E-state index is 11.8. The van der Waals surface area contributed by atoms with Crippen LogP contribution in [0, 0.1) is 6.92 Å². The van der Waals surface area contributed by atoms with Crippen LogP contribution < -0.4 is 5.48 Å². The number of carbonyl (C=O) groups excluding carboxylic acids is 1. The molecule has 0 spiro atoms. The molecule has 2 aromatic heterocycles. The third-order valence-electron chi connectivity index (χ3n) is 2.48. The lowest BCUT2D eigenvalue weighted by molar-refractivity contribution is -0.0254. The number of fused-ring (bicyclic) bond motifs is 1. The number of carbonyl (C=O) groups is 2. The lowest BCUT2D eigenvalue weighted by Crippen LogP contribution is -2.26. The van der Waals surface area contributed by atoms with Crippen LogP contribution in [0.15, 0.2) is 6.07 Å². The minimum absolute atomic E-state index is 0.0445. The standard InChI is InChI=1S/C11H10F2N2O4S/c1-4-8(11(17)18)9-6(20-4)2-5(14-9)10(16)15-19-3-7(12)13/h2,7,14H,3H2,1H3,(H,15,16)(H,17,18). The van der Waals surface area contributed by atoms with Gasteiger partial charge in [-0.05, 0) is 13.0 Å². The largest absolute Gasteiger partial charge is 0.478 e. The van der Waals surface area contributed by atoms with E-state index >= 15 is 0 Å². The van der Waals surface area contributed by atoms with Crippen LogP contribution in [0.3, 0.4) is 0 Å². The highest BCUT2D eigenvalue weighted by Crippen LogP contribution is 2.31. The molecule has 0 saturated carbocycles. The van der Waals surface area contributed by atoms with Crippen molar-refractivity contribution in [1.82, 2.24) is 10.5 Å². The zero-order valence-corrected chi connectivity index (χ0v) is 11.0. The number of aromatic nitrogens is 1. The number of aryl methyl sites for hydroxylation is 1. The van der Waals surface area contributed by atoms with Crippen LogP contribution >= 0.6 is 11.3 Å². The summed E-state index contributed by atoms with van der Waals surface area (Å²) in [7, 11) is 0. The third kappa shape index (κ3) is 2.78. The fraction of sp³-hybridized carbons (Fsp3) is 0.273. The minimum Gasteiger partial charge on any atom is -0.478 e. The summed E-state index contributed by atoms with van der Waals surface area (Å²) in [6.45, 7) is 0.744. The van der Waals surface area contributed by atoms with Crippen molar-refractivity contribution in [3.8, 4) is 0 Å². The van der Waals surface area contributed by atoms with E-state index in [1.807, 2.05) is 5.48 Å². The van der Waals surface area contributed by atoms with Gasteiger partial charge in [-0.3, -0.25) is 9.63 Å². The number of aromatic amines is 1. The van der Waals surface area contributed by atoms with E-state index in [0.29, 0.717) is 15.1 Å². The molecule has 20 heavy (non-hydrogen) atoms. The van der Waals surface area contributed by atoms with Crippen LogP contribution in [0.2, 0.25) is 0 Å². The first kappa shape index (κ1) is 14.4. The molecule has 0 atom stereocenters. The number of hydrogen-bond acceptors (Lipinski definition) is 4. The van der Waals surface area contributed by atoms with Gasteiger partial charge in [0.25, 0.3) is 12.3 Å². The molecule has 0 aliphatic carbocycles. The number of nitrogens with one attached hydrogen (secondary N) is 2. The maximum absolute atomic E-state index is 11.8. The number of aromatic carboxylic acids is 1. The van der Waals surface area contributed by atoms with Gasteiger partial charge in [0.05, 0.1) is 15.8 Å². The number of amides is 1. The second-order valence-electron chi connectivity index (χ2n) is 3.89. The Balaban J connectivity index is 2.20. The second-order valence-corrected chi connectivity index (χ2v) is 5.15. The number of hydrogen-bond donors (Lipinski definition) is 3. The van der Waals surface area contributed by atoms with Crippen LogP contribution in [-0.2, 0) is 4.84 Å². The van der Waals surface area contributed by atoms with Crippen LogP contribution in [0.4, 0.5) is 8.78 Å². The quantitative estimate of drug-likeness (QED) is 0.738. The number of hydroxylamine groups is 1. The lowest BCUT2D eigenvalue weighted by atomic mass is 10.2. The zero-order chi connectivity index (χ0) is 14.9. The van der Waals surface area contributed by atoms with Crippen LogP contribution in [0.5, 0.6) is 0 Å². The number of rotatable bonds is 5. The monoisotopic (exact) mass is 304 g/mol. The maximum Gasteiger partial charge on any atom is 0.338 e. The van der Waals surface area contributed by atoms with Crippen molar-refractivity contribution in [2.45, 2.75) is 13.3 Å². The summed E-state index contributed by atoms with van der Waals surface area (Å²) in [6.07, 6.45) is -2.69. The molecule has 2 rings (SSSR count). The summed E-state index contributed by atoms with van der Waals surface area (Å²) < 4.78 is 24.3. The Morgan fingerprint density at radius 1 is 1.55 bits per heavy atom. The molecule has 9 heteroatoms. The molecule has 0 aromatic carbocycles. The number of carboxylic acid groups (broad SMARTS) is 1. The van der Waals surface area contributed by atoms with Gasteiger partial charge in [0.1, 0.15) is 12.3 Å². The molecular weight excluding hydrogens is 294 g/mol. The van der Waals surface area contributed by atoms with Gasteiger partial charge < -0.3 is 10.1 Å². The molecule has 0 aliphatic heterocycles. The molecule has 0 unspecified atom stereocenters. The number of H-pyrrole nitrogens is 1. The molecular formula is C11H10F2N2O4S. The van der Waals surface area contributed by atoms with E-state index in [9.17, 15) is 18.4 Å². The molecule has 6 nitrogen and oxygen atoms in total. The molecule has 0 saturated heterocycles. The van der Waals surface area contributed by atoms with E-state index in [1.165, 1.54) is 17.4 Å². The van der Waals surface area contributed by atoms with Gasteiger partial charge in [-0.2, -0.15) is 0 Å². The van der Waals surface area contributed by atoms with Gasteiger partial charge in [-0.15, -0.1) is 11.3 Å². The van der Waals surface area contributed by atoms with E-state index in [2.05, 4.69) is 9.82 Å². The summed E-state index contributed by atoms with van der Waals surface area (Å²) in [5.74, 6) is -1.85. The number of carboxylic acids is 1. The predicted molar refractivity (Wildman–Crippen MR) is 67.3 cm³/mol. The summed E-state index contributed by atoms with van der Waals surface area (Å²) in [6, 6.07) is 1.44. The van der Waals surface area contributed by atoms with E-state index < -0.39 is 24.9 Å². The van der Waals surface area contributed by atoms with Gasteiger partial charge >= 0.3 is 5.97 Å². The molecule has 2 aromatic rings. The smallest absolute Gasteiger partial charge is 0.338 e. The van der Waals surface area contributed by atoms with Crippen molar-refractivity contribution >= 4 is 33.4 Å². The average molecular weight is 304 g/mol. The van der Waals surface area contributed by atoms with E-state index in [1.54, 1.807) is 6.92 Å². The van der Waals surface area contributed by atoms with Crippen LogP contribution in [0.1, 0.15) is 25.7 Å². The number of thiophene rings is 1. The molecule has 3 N–H and O–H groups in total. The average Bonchev–Trinajstić information content (AvgIpc) is 2.83. The van der Waals surface area contributed by atoms with Gasteiger partial charge in [0, 0.05) is 4.88 Å². The first-order valence-electron chi connectivity index (χ1n) is 5.45. The van der Waals surface area contributed by atoms with E-state index in [0.717, 1.165) is 0 Å². The Kier molecular flexibility index (Phi) is 4.00. The second kappa shape index (κ2) is 5.55. The Bertz CT molecular complexity index is 665. The Morgan fingerprint density at radius 3 is 2.85 bits per heavy atom. The molecule has 0 bridgehead atoms. The van der Waals surface area contributed by atoms with Crippen LogP contribution in [-0.4, -0.2) is 35.0 Å². The highest BCUT2D eigenvalue weighted by molar-refractivity contribution is 7.19. The fourth-order valence-electron chi connectivity index (χ4n) is 1.70. The molecule has 0 fully saturated rings. The SMILES string of the molecule is Cc1sc2cc(C(=O)NOCC(F)F)[nH]c2c1C(=O)O. The van der Waals surface area contributed by atoms with Crippen molar-refractivity contribution < 1.29 is 28.3 Å². The Morgan fingerprint density at radius 2 is 2.25 bits per heavy atom. The van der Waals surface area contributed by atoms with Gasteiger partial charge in [-0.1, -0.05) is 0 Å². The van der Waals surface area contributed by atoms with Crippen molar-refractivity contribution in [3.63, 3.8) is 0 Å². The lowest BCUT2D eigenvalue weighted by Gasteiger charge is -2.03. The molecule has 0 radical (unpaired) electrons. The summed E-state index contributed by atoms with van der Waals surface area (Å²) in [5.41, 5.74) is 2.32.